The highest BCUT2D eigenvalue weighted by Crippen LogP contribution is 2.20. The molecule has 0 nitrogen and oxygen atoms in total. The molecule has 0 fully saturated rings. The Morgan fingerprint density at radius 1 is 0.731 bits per heavy atom. The summed E-state index contributed by atoms with van der Waals surface area (Å²) in [6.07, 6.45) is 6.62. The Labute approximate surface area is 155 Å². The van der Waals surface area contributed by atoms with Crippen LogP contribution in [0.4, 0.5) is 4.39 Å². The van der Waals surface area contributed by atoms with E-state index in [1.807, 2.05) is 36.4 Å². The van der Waals surface area contributed by atoms with Crippen LogP contribution >= 0.6 is 0 Å². The summed E-state index contributed by atoms with van der Waals surface area (Å²) in [6.45, 7) is 2.18. The quantitative estimate of drug-likeness (QED) is 0.463. The van der Waals surface area contributed by atoms with Crippen LogP contribution in [0.5, 0.6) is 0 Å². The van der Waals surface area contributed by atoms with E-state index in [-0.39, 0.29) is 5.82 Å². The molecule has 0 N–H and O–H groups in total. The van der Waals surface area contributed by atoms with Crippen LogP contribution in [0.2, 0.25) is 0 Å². The molecule has 26 heavy (non-hydrogen) atoms. The lowest BCUT2D eigenvalue weighted by Gasteiger charge is -2.01. The van der Waals surface area contributed by atoms with Crippen molar-refractivity contribution in [1.82, 2.24) is 0 Å². The van der Waals surface area contributed by atoms with E-state index in [2.05, 4.69) is 43.0 Å². The third kappa shape index (κ3) is 4.94. The van der Waals surface area contributed by atoms with Crippen molar-refractivity contribution in [3.05, 3.63) is 101 Å². The molecule has 0 saturated heterocycles. The summed E-state index contributed by atoms with van der Waals surface area (Å²) in [5.41, 5.74) is 5.21. The fourth-order valence-electron chi connectivity index (χ4n) is 2.60. The highest BCUT2D eigenvalue weighted by Gasteiger charge is 1.98. The lowest BCUT2D eigenvalue weighted by Crippen LogP contribution is -1.81. The standard InChI is InChI=1S/C25H21F/c1-2-3-4-5-20-6-8-21(9-7-20)10-11-22-12-14-23(15-13-22)24-16-18-25(26)19-17-24/h4-9,12-19H,2-3H2,1H3. The van der Waals surface area contributed by atoms with Gasteiger partial charge in [-0.05, 0) is 59.5 Å². The van der Waals surface area contributed by atoms with Gasteiger partial charge in [0.2, 0.25) is 0 Å². The molecule has 3 aromatic carbocycles. The maximum atomic E-state index is 13.0. The Bertz CT molecular complexity index is 919. The van der Waals surface area contributed by atoms with Crippen molar-refractivity contribution in [1.29, 1.82) is 0 Å². The van der Waals surface area contributed by atoms with E-state index in [1.165, 1.54) is 24.1 Å². The zero-order chi connectivity index (χ0) is 18.2. The molecule has 0 spiro atoms. The number of rotatable bonds is 4. The molecule has 0 bridgehead atoms. The van der Waals surface area contributed by atoms with Crippen molar-refractivity contribution < 1.29 is 4.39 Å². The first kappa shape index (κ1) is 17.7. The number of halogens is 1. The SMILES string of the molecule is CCCC=Cc1ccc(C#Cc2ccc(-c3ccc(F)cc3)cc2)cc1. The molecule has 0 aliphatic carbocycles. The zero-order valence-corrected chi connectivity index (χ0v) is 14.9. The molecular formula is C25H21F. The highest BCUT2D eigenvalue weighted by atomic mass is 19.1. The second-order valence-electron chi connectivity index (χ2n) is 6.15. The van der Waals surface area contributed by atoms with E-state index >= 15 is 0 Å². The zero-order valence-electron chi connectivity index (χ0n) is 14.9. The van der Waals surface area contributed by atoms with Crippen molar-refractivity contribution in [3.63, 3.8) is 0 Å². The summed E-state index contributed by atoms with van der Waals surface area (Å²) in [6, 6.07) is 22.8. The Kier molecular flexibility index (Phi) is 6.01. The van der Waals surface area contributed by atoms with E-state index in [4.69, 9.17) is 0 Å². The number of hydrogen-bond donors (Lipinski definition) is 0. The molecule has 0 radical (unpaired) electrons. The van der Waals surface area contributed by atoms with Crippen LogP contribution in [0.3, 0.4) is 0 Å². The molecule has 0 heterocycles. The fourth-order valence-corrected chi connectivity index (χ4v) is 2.60. The molecule has 0 aromatic heterocycles. The predicted octanol–water partition coefficient (Wildman–Crippen LogP) is 6.71. The summed E-state index contributed by atoms with van der Waals surface area (Å²) in [4.78, 5) is 0. The minimum Gasteiger partial charge on any atom is -0.207 e. The largest absolute Gasteiger partial charge is 0.207 e. The van der Waals surface area contributed by atoms with E-state index < -0.39 is 0 Å². The van der Waals surface area contributed by atoms with Crippen LogP contribution < -0.4 is 0 Å². The average Bonchev–Trinajstić information content (AvgIpc) is 2.69. The topological polar surface area (TPSA) is 0 Å². The van der Waals surface area contributed by atoms with Gasteiger partial charge in [-0.15, -0.1) is 0 Å². The lowest BCUT2D eigenvalue weighted by atomic mass is 10.0. The van der Waals surface area contributed by atoms with Crippen LogP contribution in [0.25, 0.3) is 17.2 Å². The molecule has 3 rings (SSSR count). The third-order valence-corrected chi connectivity index (χ3v) is 4.09. The van der Waals surface area contributed by atoms with Crippen molar-refractivity contribution in [2.75, 3.05) is 0 Å². The second-order valence-corrected chi connectivity index (χ2v) is 6.15. The molecule has 0 amide bonds. The van der Waals surface area contributed by atoms with Crippen LogP contribution in [0.15, 0.2) is 78.9 Å². The number of hydrogen-bond acceptors (Lipinski definition) is 0. The summed E-state index contributed by atoms with van der Waals surface area (Å²) in [5.74, 6) is 6.17. The van der Waals surface area contributed by atoms with Gasteiger partial charge in [0, 0.05) is 11.1 Å². The molecule has 0 aliphatic heterocycles. The van der Waals surface area contributed by atoms with E-state index in [0.29, 0.717) is 0 Å². The summed E-state index contributed by atoms with van der Waals surface area (Å²) >= 11 is 0. The minimum atomic E-state index is -0.219. The molecule has 1 heteroatoms. The van der Waals surface area contributed by atoms with Gasteiger partial charge in [-0.1, -0.05) is 73.7 Å². The molecule has 0 aliphatic rings. The van der Waals surface area contributed by atoms with Crippen LogP contribution in [-0.2, 0) is 0 Å². The molecule has 0 atom stereocenters. The van der Waals surface area contributed by atoms with E-state index in [9.17, 15) is 4.39 Å². The Morgan fingerprint density at radius 2 is 1.23 bits per heavy atom. The van der Waals surface area contributed by atoms with Gasteiger partial charge < -0.3 is 0 Å². The van der Waals surface area contributed by atoms with Gasteiger partial charge in [0.15, 0.2) is 0 Å². The van der Waals surface area contributed by atoms with Crippen molar-refractivity contribution in [3.8, 4) is 23.0 Å². The monoisotopic (exact) mass is 340 g/mol. The van der Waals surface area contributed by atoms with Crippen molar-refractivity contribution >= 4 is 6.08 Å². The number of benzene rings is 3. The highest BCUT2D eigenvalue weighted by molar-refractivity contribution is 5.64. The normalized spacial score (nSPS) is 10.5. The molecule has 128 valence electrons. The molecule has 0 unspecified atom stereocenters. The van der Waals surface area contributed by atoms with E-state index in [0.717, 1.165) is 28.7 Å². The number of unbranched alkanes of at least 4 members (excludes halogenated alkanes) is 1. The van der Waals surface area contributed by atoms with Gasteiger partial charge in [-0.2, -0.15) is 0 Å². The number of allylic oxidation sites excluding steroid dienone is 1. The smallest absolute Gasteiger partial charge is 0.123 e. The van der Waals surface area contributed by atoms with Crippen molar-refractivity contribution in [2.45, 2.75) is 19.8 Å². The second kappa shape index (κ2) is 8.83. The predicted molar refractivity (Wildman–Crippen MR) is 108 cm³/mol. The Morgan fingerprint density at radius 3 is 1.77 bits per heavy atom. The van der Waals surface area contributed by atoms with Crippen molar-refractivity contribution in [2.24, 2.45) is 0 Å². The van der Waals surface area contributed by atoms with Gasteiger partial charge in [0.1, 0.15) is 5.82 Å². The Hall–Kier alpha value is -3.11. The van der Waals surface area contributed by atoms with Crippen LogP contribution in [0.1, 0.15) is 36.5 Å². The van der Waals surface area contributed by atoms with Gasteiger partial charge in [0.25, 0.3) is 0 Å². The van der Waals surface area contributed by atoms with Crippen LogP contribution in [0, 0.1) is 17.7 Å². The molecule has 0 saturated carbocycles. The Balaban J connectivity index is 1.69. The average molecular weight is 340 g/mol. The molecule has 3 aromatic rings. The summed E-state index contributed by atoms with van der Waals surface area (Å²) in [7, 11) is 0. The van der Waals surface area contributed by atoms with Gasteiger partial charge in [0.05, 0.1) is 0 Å². The van der Waals surface area contributed by atoms with Gasteiger partial charge in [-0.25, -0.2) is 4.39 Å². The van der Waals surface area contributed by atoms with Gasteiger partial charge >= 0.3 is 0 Å². The van der Waals surface area contributed by atoms with Gasteiger partial charge in [-0.3, -0.25) is 0 Å². The molecular weight excluding hydrogens is 319 g/mol. The first-order valence-corrected chi connectivity index (χ1v) is 8.89. The summed E-state index contributed by atoms with van der Waals surface area (Å²) < 4.78 is 13.0. The maximum absolute atomic E-state index is 13.0. The van der Waals surface area contributed by atoms with Crippen LogP contribution in [-0.4, -0.2) is 0 Å². The van der Waals surface area contributed by atoms with E-state index in [1.54, 1.807) is 12.1 Å². The first-order valence-electron chi connectivity index (χ1n) is 8.89. The lowest BCUT2D eigenvalue weighted by molar-refractivity contribution is 0.628. The first-order chi connectivity index (χ1) is 12.7. The maximum Gasteiger partial charge on any atom is 0.123 e. The summed E-state index contributed by atoms with van der Waals surface area (Å²) in [5, 5.41) is 0. The third-order valence-electron chi connectivity index (χ3n) is 4.09. The fraction of sp³-hybridized carbons (Fsp3) is 0.120. The minimum absolute atomic E-state index is 0.219.